The van der Waals surface area contributed by atoms with Gasteiger partial charge >= 0.3 is 0 Å². The van der Waals surface area contributed by atoms with Gasteiger partial charge in [0, 0.05) is 66.0 Å². The summed E-state index contributed by atoms with van der Waals surface area (Å²) in [7, 11) is 0. The Morgan fingerprint density at radius 3 is 2.62 bits per heavy atom. The summed E-state index contributed by atoms with van der Waals surface area (Å²) in [6, 6.07) is 12.7. The first-order valence-electron chi connectivity index (χ1n) is 12.0. The van der Waals surface area contributed by atoms with Gasteiger partial charge in [0.05, 0.1) is 18.9 Å². The van der Waals surface area contributed by atoms with Crippen molar-refractivity contribution in [3.8, 4) is 11.3 Å². The summed E-state index contributed by atoms with van der Waals surface area (Å²) >= 11 is 0. The molecule has 4 aromatic rings. The van der Waals surface area contributed by atoms with Crippen LogP contribution in [0.2, 0.25) is 0 Å². The molecule has 1 atom stereocenters. The number of fused-ring (bicyclic) bond motifs is 1. The van der Waals surface area contributed by atoms with Gasteiger partial charge in [0.2, 0.25) is 0 Å². The maximum atomic E-state index is 12.8. The topological polar surface area (TPSA) is 62.6 Å². The number of morpholine rings is 1. The summed E-state index contributed by atoms with van der Waals surface area (Å²) in [6.07, 6.45) is 4.64. The van der Waals surface area contributed by atoms with Gasteiger partial charge in [-0.25, -0.2) is 0 Å². The highest BCUT2D eigenvalue weighted by Crippen LogP contribution is 2.32. The Labute approximate surface area is 200 Å². The van der Waals surface area contributed by atoms with Crippen LogP contribution in [0.5, 0.6) is 0 Å². The molecule has 0 bridgehead atoms. The molecular weight excluding hydrogens is 424 g/mol. The number of nitrogens with zero attached hydrogens (tertiary/aromatic N) is 3. The molecule has 0 radical (unpaired) electrons. The molecule has 1 N–H and O–H groups in total. The summed E-state index contributed by atoms with van der Waals surface area (Å²) in [5.74, 6) is 0. The molecule has 0 spiro atoms. The minimum atomic E-state index is 0.00380. The number of aromatic nitrogens is 3. The zero-order valence-electron chi connectivity index (χ0n) is 20.4. The maximum Gasteiger partial charge on any atom is 0.251 e. The second kappa shape index (κ2) is 9.20. The molecule has 1 fully saturated rings. The van der Waals surface area contributed by atoms with Crippen molar-refractivity contribution in [2.75, 3.05) is 26.3 Å². The average molecular weight is 457 g/mol. The highest BCUT2D eigenvalue weighted by molar-refractivity contribution is 5.69. The molecule has 6 nitrogen and oxygen atoms in total. The molecule has 6 heteroatoms. The number of H-pyrrole nitrogens is 1. The van der Waals surface area contributed by atoms with Crippen molar-refractivity contribution in [3.63, 3.8) is 0 Å². The Kier molecular flexibility index (Phi) is 6.11. The molecule has 1 aliphatic heterocycles. The number of ether oxygens (including phenoxy) is 1. The fraction of sp³-hybridized carbons (Fsp3) is 0.357. The van der Waals surface area contributed by atoms with Gasteiger partial charge in [-0.15, -0.1) is 0 Å². The zero-order valence-corrected chi connectivity index (χ0v) is 20.4. The van der Waals surface area contributed by atoms with Gasteiger partial charge in [-0.3, -0.25) is 14.7 Å². The van der Waals surface area contributed by atoms with Crippen LogP contribution in [-0.4, -0.2) is 45.6 Å². The standard InChI is InChI=1S/C28H32N4O2/c1-18-13-19(2)30-28(33)25(18)16-22-14-24-15-23(26-7-5-6-8-29-26)17-32(24)27(20(22)3)21(4)31-9-11-34-12-10-31/h5-8,13-15,17,21H,9-12,16H2,1-4H3,(H,30,33). The zero-order chi connectivity index (χ0) is 23.8. The van der Waals surface area contributed by atoms with E-state index in [2.05, 4.69) is 57.5 Å². The third-order valence-electron chi connectivity index (χ3n) is 7.11. The van der Waals surface area contributed by atoms with Gasteiger partial charge in [-0.2, -0.15) is 0 Å². The number of aryl methyl sites for hydroxylation is 2. The molecule has 0 aromatic carbocycles. The van der Waals surface area contributed by atoms with E-state index in [-0.39, 0.29) is 11.6 Å². The molecule has 1 saturated heterocycles. The fourth-order valence-electron chi connectivity index (χ4n) is 5.23. The van der Waals surface area contributed by atoms with Gasteiger partial charge in [0.1, 0.15) is 0 Å². The van der Waals surface area contributed by atoms with Gasteiger partial charge in [-0.1, -0.05) is 6.07 Å². The van der Waals surface area contributed by atoms with E-state index in [1.807, 2.05) is 38.2 Å². The summed E-state index contributed by atoms with van der Waals surface area (Å²) in [6.45, 7) is 11.8. The van der Waals surface area contributed by atoms with E-state index in [0.29, 0.717) is 6.42 Å². The fourth-order valence-corrected chi connectivity index (χ4v) is 5.23. The average Bonchev–Trinajstić information content (AvgIpc) is 3.26. The molecule has 0 saturated carbocycles. The Hall–Kier alpha value is -3.22. The Bertz CT molecular complexity index is 1380. The van der Waals surface area contributed by atoms with Gasteiger partial charge in [-0.05, 0) is 74.7 Å². The highest BCUT2D eigenvalue weighted by Gasteiger charge is 2.24. The first kappa shape index (κ1) is 22.6. The molecule has 0 aliphatic carbocycles. The SMILES string of the molecule is Cc1cc(C)c(Cc2cc3cc(-c4ccccn4)cn3c(C(C)N3CCOCC3)c2C)c(=O)[nH]1. The lowest BCUT2D eigenvalue weighted by Gasteiger charge is -2.34. The monoisotopic (exact) mass is 456 g/mol. The van der Waals surface area contributed by atoms with E-state index >= 15 is 0 Å². The molecule has 5 rings (SSSR count). The number of pyridine rings is 3. The van der Waals surface area contributed by atoms with E-state index in [0.717, 1.165) is 59.9 Å². The summed E-state index contributed by atoms with van der Waals surface area (Å²) in [5.41, 5.74) is 9.62. The van der Waals surface area contributed by atoms with Gasteiger partial charge in [0.25, 0.3) is 5.56 Å². The second-order valence-corrected chi connectivity index (χ2v) is 9.36. The number of hydrogen-bond acceptors (Lipinski definition) is 4. The molecule has 0 amide bonds. The molecule has 1 unspecified atom stereocenters. The maximum absolute atomic E-state index is 12.8. The summed E-state index contributed by atoms with van der Waals surface area (Å²) in [5, 5.41) is 0. The second-order valence-electron chi connectivity index (χ2n) is 9.36. The van der Waals surface area contributed by atoms with Crippen LogP contribution in [0, 0.1) is 20.8 Å². The largest absolute Gasteiger partial charge is 0.379 e. The summed E-state index contributed by atoms with van der Waals surface area (Å²) in [4.78, 5) is 22.8. The minimum absolute atomic E-state index is 0.00380. The molecule has 5 heterocycles. The molecule has 34 heavy (non-hydrogen) atoms. The first-order valence-corrected chi connectivity index (χ1v) is 12.0. The van der Waals surface area contributed by atoms with Crippen molar-refractivity contribution in [3.05, 3.63) is 92.8 Å². The predicted molar refractivity (Wildman–Crippen MR) is 136 cm³/mol. The van der Waals surface area contributed by atoms with Crippen molar-refractivity contribution >= 4 is 5.52 Å². The third kappa shape index (κ3) is 4.19. The molecule has 4 aromatic heterocycles. The normalized spacial score (nSPS) is 15.6. The predicted octanol–water partition coefficient (Wildman–Crippen LogP) is 4.60. The van der Waals surface area contributed by atoms with E-state index in [4.69, 9.17) is 4.74 Å². The number of nitrogens with one attached hydrogen (secondary N) is 1. The first-order chi connectivity index (χ1) is 16.4. The highest BCUT2D eigenvalue weighted by atomic mass is 16.5. The van der Waals surface area contributed by atoms with Crippen LogP contribution in [0.15, 0.2) is 53.6 Å². The lowest BCUT2D eigenvalue weighted by atomic mass is 9.95. The van der Waals surface area contributed by atoms with Crippen molar-refractivity contribution in [2.24, 2.45) is 0 Å². The number of hydrogen-bond donors (Lipinski definition) is 1. The van der Waals surface area contributed by atoms with Crippen LogP contribution in [0.4, 0.5) is 0 Å². The minimum Gasteiger partial charge on any atom is -0.379 e. The van der Waals surface area contributed by atoms with E-state index in [1.165, 1.54) is 16.8 Å². The van der Waals surface area contributed by atoms with Crippen molar-refractivity contribution in [2.45, 2.75) is 40.2 Å². The molecule has 1 aliphatic rings. The van der Waals surface area contributed by atoms with Crippen LogP contribution < -0.4 is 5.56 Å². The number of aromatic amines is 1. The lowest BCUT2D eigenvalue weighted by Crippen LogP contribution is -2.39. The van der Waals surface area contributed by atoms with Crippen molar-refractivity contribution in [1.29, 1.82) is 0 Å². The Morgan fingerprint density at radius 2 is 1.91 bits per heavy atom. The van der Waals surface area contributed by atoms with E-state index < -0.39 is 0 Å². The van der Waals surface area contributed by atoms with Crippen LogP contribution >= 0.6 is 0 Å². The van der Waals surface area contributed by atoms with Gasteiger partial charge < -0.3 is 14.1 Å². The van der Waals surface area contributed by atoms with Crippen molar-refractivity contribution < 1.29 is 4.74 Å². The van der Waals surface area contributed by atoms with Crippen LogP contribution in [0.3, 0.4) is 0 Å². The third-order valence-corrected chi connectivity index (χ3v) is 7.11. The van der Waals surface area contributed by atoms with Crippen LogP contribution in [0.25, 0.3) is 16.8 Å². The molecule has 176 valence electrons. The Balaban J connectivity index is 1.67. The smallest absolute Gasteiger partial charge is 0.251 e. The quantitative estimate of drug-likeness (QED) is 0.477. The molecular formula is C28H32N4O2. The van der Waals surface area contributed by atoms with Gasteiger partial charge in [0.15, 0.2) is 0 Å². The van der Waals surface area contributed by atoms with Crippen LogP contribution in [0.1, 0.15) is 46.6 Å². The van der Waals surface area contributed by atoms with E-state index in [9.17, 15) is 4.79 Å². The number of rotatable bonds is 5. The Morgan fingerprint density at radius 1 is 1.12 bits per heavy atom. The van der Waals surface area contributed by atoms with Crippen LogP contribution in [-0.2, 0) is 11.2 Å². The van der Waals surface area contributed by atoms with E-state index in [1.54, 1.807) is 0 Å². The summed E-state index contributed by atoms with van der Waals surface area (Å²) < 4.78 is 7.92. The lowest BCUT2D eigenvalue weighted by molar-refractivity contribution is 0.0187. The van der Waals surface area contributed by atoms with Crippen molar-refractivity contribution in [1.82, 2.24) is 19.3 Å².